The molecule has 14 heavy (non-hydrogen) atoms. The van der Waals surface area contributed by atoms with Crippen LogP contribution in [0.4, 0.5) is 0 Å². The Morgan fingerprint density at radius 2 is 1.71 bits per heavy atom. The van der Waals surface area contributed by atoms with E-state index in [4.69, 9.17) is 4.74 Å². The predicted octanol–water partition coefficient (Wildman–Crippen LogP) is 1.81. The van der Waals surface area contributed by atoms with Crippen LogP contribution in [0.3, 0.4) is 0 Å². The van der Waals surface area contributed by atoms with Gasteiger partial charge in [0.1, 0.15) is 11.6 Å². The van der Waals surface area contributed by atoms with Gasteiger partial charge in [-0.2, -0.15) is 0 Å². The van der Waals surface area contributed by atoms with Crippen LogP contribution in [-0.4, -0.2) is 34.6 Å². The van der Waals surface area contributed by atoms with Crippen molar-refractivity contribution in [3.63, 3.8) is 0 Å². The molecule has 0 aromatic rings. The lowest BCUT2D eigenvalue weighted by Crippen LogP contribution is -2.33. The van der Waals surface area contributed by atoms with Crippen molar-refractivity contribution in [1.82, 2.24) is 4.90 Å². The first-order chi connectivity index (χ1) is 6.11. The highest BCUT2D eigenvalue weighted by atomic mass is 16.6. The second-order valence-electron chi connectivity index (χ2n) is 5.87. The lowest BCUT2D eigenvalue weighted by molar-refractivity contribution is -0.155. The van der Waals surface area contributed by atoms with Crippen LogP contribution in [0.5, 0.6) is 0 Å². The maximum Gasteiger partial charge on any atom is 0.325 e. The summed E-state index contributed by atoms with van der Waals surface area (Å²) in [4.78, 5) is 13.8. The second-order valence-corrected chi connectivity index (χ2v) is 5.87. The Labute approximate surface area is 86.4 Å². The highest BCUT2D eigenvalue weighted by Gasteiger charge is 2.48. The monoisotopic (exact) mass is 199 g/mol. The van der Waals surface area contributed by atoms with Crippen LogP contribution in [0, 0.1) is 0 Å². The van der Waals surface area contributed by atoms with Gasteiger partial charge >= 0.3 is 5.97 Å². The van der Waals surface area contributed by atoms with Crippen LogP contribution in [0.1, 0.15) is 41.5 Å². The largest absolute Gasteiger partial charge is 0.459 e. The molecule has 0 spiro atoms. The average Bonchev–Trinajstić information content (AvgIpc) is 2.55. The summed E-state index contributed by atoms with van der Waals surface area (Å²) < 4.78 is 5.31. The second kappa shape index (κ2) is 3.23. The van der Waals surface area contributed by atoms with Crippen molar-refractivity contribution >= 4 is 5.97 Å². The van der Waals surface area contributed by atoms with E-state index in [1.807, 2.05) is 20.8 Å². The number of ether oxygens (including phenoxy) is 1. The molecule has 0 saturated carbocycles. The van der Waals surface area contributed by atoms with Gasteiger partial charge in [-0.3, -0.25) is 9.69 Å². The van der Waals surface area contributed by atoms with Crippen molar-refractivity contribution in [2.24, 2.45) is 0 Å². The summed E-state index contributed by atoms with van der Waals surface area (Å²) >= 11 is 0. The molecule has 1 rings (SSSR count). The zero-order valence-corrected chi connectivity index (χ0v) is 10.0. The van der Waals surface area contributed by atoms with Crippen LogP contribution in [0.2, 0.25) is 0 Å². The minimum atomic E-state index is -0.372. The van der Waals surface area contributed by atoms with Gasteiger partial charge in [-0.25, -0.2) is 0 Å². The molecule has 1 aliphatic heterocycles. The van der Waals surface area contributed by atoms with Gasteiger partial charge in [0.15, 0.2) is 0 Å². The fraction of sp³-hybridized carbons (Fsp3) is 0.909. The van der Waals surface area contributed by atoms with E-state index >= 15 is 0 Å². The molecule has 82 valence electrons. The summed E-state index contributed by atoms with van der Waals surface area (Å²) in [5.74, 6) is -0.0903. The van der Waals surface area contributed by atoms with Crippen LogP contribution in [0.25, 0.3) is 0 Å². The summed E-state index contributed by atoms with van der Waals surface area (Å²) in [5, 5.41) is 0. The number of rotatable bonds is 1. The average molecular weight is 199 g/mol. The Bertz CT molecular complexity index is 235. The van der Waals surface area contributed by atoms with Crippen molar-refractivity contribution < 1.29 is 9.53 Å². The maximum absolute atomic E-state index is 11.6. The zero-order valence-electron chi connectivity index (χ0n) is 10.0. The van der Waals surface area contributed by atoms with E-state index in [0.717, 1.165) is 6.54 Å². The molecule has 1 heterocycles. The lowest BCUT2D eigenvalue weighted by atomic mass is 10.1. The van der Waals surface area contributed by atoms with Gasteiger partial charge in [-0.05, 0) is 41.5 Å². The molecule has 0 aromatic carbocycles. The first kappa shape index (κ1) is 11.5. The topological polar surface area (TPSA) is 29.3 Å². The Hall–Kier alpha value is -0.570. The third-order valence-corrected chi connectivity index (χ3v) is 2.15. The summed E-state index contributed by atoms with van der Waals surface area (Å²) in [5.41, 5.74) is -0.301. The van der Waals surface area contributed by atoms with E-state index in [-0.39, 0.29) is 23.2 Å². The molecule has 0 aliphatic carbocycles. The van der Waals surface area contributed by atoms with Gasteiger partial charge < -0.3 is 4.74 Å². The summed E-state index contributed by atoms with van der Waals surface area (Å²) in [7, 11) is 0. The maximum atomic E-state index is 11.6. The van der Waals surface area contributed by atoms with Crippen LogP contribution < -0.4 is 0 Å². The van der Waals surface area contributed by atoms with E-state index in [2.05, 4.69) is 25.7 Å². The third kappa shape index (κ3) is 2.98. The third-order valence-electron chi connectivity index (χ3n) is 2.15. The molecular weight excluding hydrogens is 178 g/mol. The molecule has 0 amide bonds. The highest BCUT2D eigenvalue weighted by Crippen LogP contribution is 2.30. The van der Waals surface area contributed by atoms with Crippen molar-refractivity contribution in [1.29, 1.82) is 0 Å². The van der Waals surface area contributed by atoms with Crippen molar-refractivity contribution in [2.45, 2.75) is 58.7 Å². The Kier molecular flexibility index (Phi) is 2.65. The van der Waals surface area contributed by atoms with Crippen LogP contribution in [-0.2, 0) is 9.53 Å². The standard InChI is InChI=1S/C11H21NO2/c1-10(2,3)12-7-8(12)9(13)14-11(4,5)6/h8H,7H2,1-6H3/t8-,12?/m0/s1. The molecule has 3 heteroatoms. The van der Waals surface area contributed by atoms with E-state index in [1.165, 1.54) is 0 Å². The molecule has 1 unspecified atom stereocenters. The summed E-state index contributed by atoms with van der Waals surface area (Å²) in [6, 6.07) is -0.0192. The smallest absolute Gasteiger partial charge is 0.325 e. The fourth-order valence-electron chi connectivity index (χ4n) is 1.45. The van der Waals surface area contributed by atoms with Gasteiger partial charge in [0.05, 0.1) is 0 Å². The zero-order chi connectivity index (χ0) is 11.1. The van der Waals surface area contributed by atoms with E-state index in [0.29, 0.717) is 0 Å². The molecule has 2 atom stereocenters. The minimum absolute atomic E-state index is 0.0192. The number of carbonyl (C=O) groups is 1. The number of hydrogen-bond acceptors (Lipinski definition) is 3. The number of carbonyl (C=O) groups excluding carboxylic acids is 1. The van der Waals surface area contributed by atoms with Gasteiger partial charge in [0, 0.05) is 12.1 Å². The van der Waals surface area contributed by atoms with Gasteiger partial charge in [-0.15, -0.1) is 0 Å². The summed E-state index contributed by atoms with van der Waals surface area (Å²) in [6.45, 7) is 12.8. The van der Waals surface area contributed by atoms with Crippen LogP contribution in [0.15, 0.2) is 0 Å². The normalized spacial score (nSPS) is 27.3. The Balaban J connectivity index is 2.45. The van der Waals surface area contributed by atoms with Gasteiger partial charge in [0.2, 0.25) is 0 Å². The van der Waals surface area contributed by atoms with Crippen molar-refractivity contribution in [2.75, 3.05) is 6.54 Å². The lowest BCUT2D eigenvalue weighted by Gasteiger charge is -2.23. The van der Waals surface area contributed by atoms with E-state index in [9.17, 15) is 4.79 Å². The first-order valence-corrected chi connectivity index (χ1v) is 5.11. The molecule has 1 saturated heterocycles. The van der Waals surface area contributed by atoms with Gasteiger partial charge in [0.25, 0.3) is 0 Å². The number of esters is 1. The Morgan fingerprint density at radius 3 is 2.00 bits per heavy atom. The SMILES string of the molecule is CC(C)(C)OC(=O)[C@@H]1CN1C(C)(C)C. The van der Waals surface area contributed by atoms with E-state index < -0.39 is 0 Å². The molecule has 0 aromatic heterocycles. The van der Waals surface area contributed by atoms with Crippen molar-refractivity contribution in [3.8, 4) is 0 Å². The quantitative estimate of drug-likeness (QED) is 0.476. The summed E-state index contributed by atoms with van der Waals surface area (Å²) in [6.07, 6.45) is 0. The predicted molar refractivity (Wildman–Crippen MR) is 56.1 cm³/mol. The first-order valence-electron chi connectivity index (χ1n) is 5.11. The van der Waals surface area contributed by atoms with Gasteiger partial charge in [-0.1, -0.05) is 0 Å². The molecular formula is C11H21NO2. The molecule has 1 aliphatic rings. The number of nitrogens with zero attached hydrogens (tertiary/aromatic N) is 1. The molecule has 0 N–H and O–H groups in total. The molecule has 0 bridgehead atoms. The minimum Gasteiger partial charge on any atom is -0.459 e. The van der Waals surface area contributed by atoms with Crippen molar-refractivity contribution in [3.05, 3.63) is 0 Å². The van der Waals surface area contributed by atoms with E-state index in [1.54, 1.807) is 0 Å². The molecule has 0 radical (unpaired) electrons. The molecule has 1 fully saturated rings. The number of hydrogen-bond donors (Lipinski definition) is 0. The van der Waals surface area contributed by atoms with Crippen LogP contribution >= 0.6 is 0 Å². The highest BCUT2D eigenvalue weighted by molar-refractivity contribution is 5.79. The fourth-order valence-corrected chi connectivity index (χ4v) is 1.45. The Morgan fingerprint density at radius 1 is 1.21 bits per heavy atom. The molecule has 3 nitrogen and oxygen atoms in total.